The van der Waals surface area contributed by atoms with E-state index in [0.29, 0.717) is 18.7 Å². The van der Waals surface area contributed by atoms with Crippen molar-refractivity contribution in [2.45, 2.75) is 13.2 Å². The van der Waals surface area contributed by atoms with E-state index in [1.807, 2.05) is 49.3 Å². The lowest BCUT2D eigenvalue weighted by atomic mass is 10.1. The van der Waals surface area contributed by atoms with Crippen LogP contribution in [0.25, 0.3) is 10.9 Å². The first-order chi connectivity index (χ1) is 12.1. The molecule has 7 nitrogen and oxygen atoms in total. The molecule has 3 aromatic rings. The smallest absolute Gasteiger partial charge is 0.252 e. The van der Waals surface area contributed by atoms with Gasteiger partial charge in [-0.05, 0) is 18.2 Å². The largest absolute Gasteiger partial charge is 0.378 e. The summed E-state index contributed by atoms with van der Waals surface area (Å²) in [5.74, 6) is 0.595. The van der Waals surface area contributed by atoms with Gasteiger partial charge in [0.05, 0.1) is 35.6 Å². The Morgan fingerprint density at radius 3 is 2.84 bits per heavy atom. The van der Waals surface area contributed by atoms with Crippen LogP contribution in [0.1, 0.15) is 21.7 Å². The Morgan fingerprint density at radius 2 is 2.08 bits per heavy atom. The van der Waals surface area contributed by atoms with E-state index in [4.69, 9.17) is 4.74 Å². The van der Waals surface area contributed by atoms with Crippen molar-refractivity contribution in [1.82, 2.24) is 20.5 Å². The first-order valence-corrected chi connectivity index (χ1v) is 7.96. The van der Waals surface area contributed by atoms with Crippen LogP contribution < -0.4 is 10.2 Å². The number of ether oxygens (including phenoxy) is 1. The number of benzene rings is 1. The van der Waals surface area contributed by atoms with Gasteiger partial charge >= 0.3 is 0 Å². The molecule has 0 saturated heterocycles. The molecule has 0 saturated carbocycles. The van der Waals surface area contributed by atoms with E-state index in [2.05, 4.69) is 20.5 Å². The fourth-order valence-electron chi connectivity index (χ4n) is 2.57. The van der Waals surface area contributed by atoms with Crippen LogP contribution in [-0.2, 0) is 17.9 Å². The highest BCUT2D eigenvalue weighted by Gasteiger charge is 2.14. The van der Waals surface area contributed by atoms with Crippen molar-refractivity contribution in [2.24, 2.45) is 0 Å². The summed E-state index contributed by atoms with van der Waals surface area (Å²) in [4.78, 5) is 19.2. The summed E-state index contributed by atoms with van der Waals surface area (Å²) >= 11 is 0. The Labute approximate surface area is 146 Å². The predicted molar refractivity (Wildman–Crippen MR) is 96.5 cm³/mol. The Morgan fingerprint density at radius 1 is 1.28 bits per heavy atom. The maximum atomic E-state index is 12.7. The highest BCUT2D eigenvalue weighted by Crippen LogP contribution is 2.22. The molecule has 2 N–H and O–H groups in total. The normalized spacial score (nSPS) is 10.8. The second-order valence-electron chi connectivity index (χ2n) is 5.94. The fraction of sp³-hybridized carbons (Fsp3) is 0.278. The van der Waals surface area contributed by atoms with Gasteiger partial charge in [0.25, 0.3) is 5.91 Å². The number of nitrogens with zero attached hydrogens (tertiary/aromatic N) is 3. The third-order valence-electron chi connectivity index (χ3n) is 3.82. The Kier molecular flexibility index (Phi) is 4.95. The van der Waals surface area contributed by atoms with Crippen molar-refractivity contribution in [3.05, 3.63) is 53.3 Å². The third kappa shape index (κ3) is 3.77. The molecule has 0 fully saturated rings. The van der Waals surface area contributed by atoms with Crippen molar-refractivity contribution < 1.29 is 9.53 Å². The van der Waals surface area contributed by atoms with E-state index in [1.165, 1.54) is 0 Å². The summed E-state index contributed by atoms with van der Waals surface area (Å²) < 4.78 is 5.04. The van der Waals surface area contributed by atoms with Crippen molar-refractivity contribution in [3.63, 3.8) is 0 Å². The maximum absolute atomic E-state index is 12.7. The number of hydrogen-bond donors (Lipinski definition) is 2. The van der Waals surface area contributed by atoms with Gasteiger partial charge < -0.3 is 15.0 Å². The first-order valence-electron chi connectivity index (χ1n) is 7.96. The van der Waals surface area contributed by atoms with Gasteiger partial charge in [-0.15, -0.1) is 0 Å². The molecule has 2 aromatic heterocycles. The summed E-state index contributed by atoms with van der Waals surface area (Å²) in [6.45, 7) is 0.801. The van der Waals surface area contributed by atoms with Crippen LogP contribution in [0.3, 0.4) is 0 Å². The second kappa shape index (κ2) is 7.31. The lowest BCUT2D eigenvalue weighted by molar-refractivity contribution is 0.0952. The average molecular weight is 339 g/mol. The predicted octanol–water partition coefficient (Wildman–Crippen LogP) is 2.10. The monoisotopic (exact) mass is 339 g/mol. The highest BCUT2D eigenvalue weighted by molar-refractivity contribution is 6.06. The van der Waals surface area contributed by atoms with E-state index in [1.54, 1.807) is 13.2 Å². The Balaban J connectivity index is 1.83. The molecule has 0 spiro atoms. The summed E-state index contributed by atoms with van der Waals surface area (Å²) in [5, 5.41) is 10.8. The van der Waals surface area contributed by atoms with Crippen LogP contribution in [0, 0.1) is 0 Å². The molecule has 0 unspecified atom stereocenters. The average Bonchev–Trinajstić information content (AvgIpc) is 3.06. The van der Waals surface area contributed by atoms with Gasteiger partial charge in [0, 0.05) is 26.6 Å². The SMILES string of the molecule is COCc1cc(CNC(=O)c2cc(N(C)C)nc3ccccc23)[nH]n1. The minimum atomic E-state index is -0.149. The van der Waals surface area contributed by atoms with Gasteiger partial charge in [0.15, 0.2) is 0 Å². The maximum Gasteiger partial charge on any atom is 0.252 e. The number of nitrogens with one attached hydrogen (secondary N) is 2. The van der Waals surface area contributed by atoms with Crippen LogP contribution in [0.15, 0.2) is 36.4 Å². The molecular formula is C18H21N5O2. The lowest BCUT2D eigenvalue weighted by Gasteiger charge is -2.15. The lowest BCUT2D eigenvalue weighted by Crippen LogP contribution is -2.24. The second-order valence-corrected chi connectivity index (χ2v) is 5.94. The third-order valence-corrected chi connectivity index (χ3v) is 3.82. The molecule has 0 aliphatic heterocycles. The molecular weight excluding hydrogens is 318 g/mol. The van der Waals surface area contributed by atoms with Gasteiger partial charge in [-0.3, -0.25) is 9.89 Å². The Hall–Kier alpha value is -2.93. The number of H-pyrrole nitrogens is 1. The van der Waals surface area contributed by atoms with Gasteiger partial charge in [-0.2, -0.15) is 5.10 Å². The van der Waals surface area contributed by atoms with Crippen molar-refractivity contribution in [2.75, 3.05) is 26.1 Å². The zero-order valence-corrected chi connectivity index (χ0v) is 14.5. The van der Waals surface area contributed by atoms with Gasteiger partial charge in [0.2, 0.25) is 0 Å². The number of aromatic amines is 1. The van der Waals surface area contributed by atoms with E-state index < -0.39 is 0 Å². The van der Waals surface area contributed by atoms with Crippen LogP contribution in [0.2, 0.25) is 0 Å². The van der Waals surface area contributed by atoms with Gasteiger partial charge in [-0.1, -0.05) is 18.2 Å². The number of pyridine rings is 1. The molecule has 0 aliphatic rings. The van der Waals surface area contributed by atoms with E-state index >= 15 is 0 Å². The standard InChI is InChI=1S/C18H21N5O2/c1-23(2)17-9-15(14-6-4-5-7-16(14)20-17)18(24)19-10-12-8-13(11-25-3)22-21-12/h4-9H,10-11H2,1-3H3,(H,19,24)(H,21,22). The number of hydrogen-bond acceptors (Lipinski definition) is 5. The van der Waals surface area contributed by atoms with E-state index in [0.717, 1.165) is 28.1 Å². The quantitative estimate of drug-likeness (QED) is 0.719. The number of fused-ring (bicyclic) bond motifs is 1. The topological polar surface area (TPSA) is 83.1 Å². The number of methoxy groups -OCH3 is 1. The summed E-state index contributed by atoms with van der Waals surface area (Å²) in [5.41, 5.74) is 3.02. The van der Waals surface area contributed by atoms with Crippen LogP contribution in [0.5, 0.6) is 0 Å². The number of carbonyl (C=O) groups is 1. The number of para-hydroxylation sites is 1. The fourth-order valence-corrected chi connectivity index (χ4v) is 2.57. The van der Waals surface area contributed by atoms with Crippen molar-refractivity contribution in [1.29, 1.82) is 0 Å². The molecule has 0 atom stereocenters. The molecule has 2 heterocycles. The molecule has 1 amide bonds. The summed E-state index contributed by atoms with van der Waals surface area (Å²) in [7, 11) is 5.43. The number of aromatic nitrogens is 3. The molecule has 0 aliphatic carbocycles. The molecule has 0 radical (unpaired) electrons. The minimum Gasteiger partial charge on any atom is -0.378 e. The van der Waals surface area contributed by atoms with Crippen LogP contribution >= 0.6 is 0 Å². The first kappa shape index (κ1) is 16.9. The number of rotatable bonds is 6. The van der Waals surface area contributed by atoms with Gasteiger partial charge in [0.1, 0.15) is 5.82 Å². The van der Waals surface area contributed by atoms with Crippen LogP contribution in [0.4, 0.5) is 5.82 Å². The summed E-state index contributed by atoms with van der Waals surface area (Å²) in [6.07, 6.45) is 0. The molecule has 7 heteroatoms. The summed E-state index contributed by atoms with van der Waals surface area (Å²) in [6, 6.07) is 11.3. The number of amides is 1. The van der Waals surface area contributed by atoms with Crippen molar-refractivity contribution in [3.8, 4) is 0 Å². The highest BCUT2D eigenvalue weighted by atomic mass is 16.5. The zero-order valence-electron chi connectivity index (χ0n) is 14.5. The molecule has 3 rings (SSSR count). The van der Waals surface area contributed by atoms with E-state index in [9.17, 15) is 4.79 Å². The Bertz CT molecular complexity index is 888. The van der Waals surface area contributed by atoms with Crippen molar-refractivity contribution >= 4 is 22.6 Å². The molecule has 25 heavy (non-hydrogen) atoms. The molecule has 1 aromatic carbocycles. The zero-order chi connectivity index (χ0) is 17.8. The number of anilines is 1. The molecule has 130 valence electrons. The number of carbonyl (C=O) groups excluding carboxylic acids is 1. The molecule has 0 bridgehead atoms. The van der Waals surface area contributed by atoms with Crippen LogP contribution in [-0.4, -0.2) is 42.3 Å². The minimum absolute atomic E-state index is 0.149. The van der Waals surface area contributed by atoms with Gasteiger partial charge in [-0.25, -0.2) is 4.98 Å². The van der Waals surface area contributed by atoms with E-state index in [-0.39, 0.29) is 5.91 Å².